The molecule has 6 nitrogen and oxygen atoms in total. The second-order valence-electron chi connectivity index (χ2n) is 4.87. The van der Waals surface area contributed by atoms with Crippen LogP contribution in [0.4, 0.5) is 0 Å². The molecule has 1 saturated heterocycles. The molecule has 2 atom stereocenters. The fourth-order valence-corrected chi connectivity index (χ4v) is 2.52. The zero-order valence-electron chi connectivity index (χ0n) is 12.1. The number of amides is 1. The standard InChI is InChI=1S/C15H19NO5/c1-3-8-16-12(17)9-21-14(15(18)19)13(16)10-4-6-11(20-2)7-5-10/h4-7,13-14H,3,8-9H2,1-2H3,(H,18,19). The van der Waals surface area contributed by atoms with E-state index in [4.69, 9.17) is 9.47 Å². The van der Waals surface area contributed by atoms with Gasteiger partial charge >= 0.3 is 5.97 Å². The largest absolute Gasteiger partial charge is 0.497 e. The number of ether oxygens (including phenoxy) is 2. The van der Waals surface area contributed by atoms with Crippen molar-refractivity contribution in [2.45, 2.75) is 25.5 Å². The van der Waals surface area contributed by atoms with Gasteiger partial charge in [0.25, 0.3) is 0 Å². The zero-order chi connectivity index (χ0) is 15.4. The molecule has 0 bridgehead atoms. The summed E-state index contributed by atoms with van der Waals surface area (Å²) in [6.45, 7) is 2.26. The molecular formula is C15H19NO5. The van der Waals surface area contributed by atoms with Crippen LogP contribution in [0.2, 0.25) is 0 Å². The van der Waals surface area contributed by atoms with Gasteiger partial charge in [-0.05, 0) is 24.1 Å². The molecular weight excluding hydrogens is 274 g/mol. The third-order valence-corrected chi connectivity index (χ3v) is 3.49. The number of carboxylic acids is 1. The van der Waals surface area contributed by atoms with Gasteiger partial charge in [-0.3, -0.25) is 4.79 Å². The number of carbonyl (C=O) groups is 2. The molecule has 6 heteroatoms. The van der Waals surface area contributed by atoms with Crippen LogP contribution >= 0.6 is 0 Å². The lowest BCUT2D eigenvalue weighted by Gasteiger charge is -2.39. The highest BCUT2D eigenvalue weighted by molar-refractivity contribution is 5.83. The number of aliphatic carboxylic acids is 1. The number of rotatable bonds is 5. The number of hydrogen-bond acceptors (Lipinski definition) is 4. The van der Waals surface area contributed by atoms with Crippen molar-refractivity contribution in [3.63, 3.8) is 0 Å². The molecule has 1 aliphatic rings. The Kier molecular flexibility index (Phi) is 4.80. The van der Waals surface area contributed by atoms with Crippen LogP contribution in [-0.4, -0.2) is 48.2 Å². The van der Waals surface area contributed by atoms with Crippen molar-refractivity contribution in [2.24, 2.45) is 0 Å². The molecule has 1 N–H and O–H groups in total. The van der Waals surface area contributed by atoms with Crippen LogP contribution in [0, 0.1) is 0 Å². The molecule has 2 unspecified atom stereocenters. The van der Waals surface area contributed by atoms with E-state index in [9.17, 15) is 14.7 Å². The number of nitrogens with zero attached hydrogens (tertiary/aromatic N) is 1. The fourth-order valence-electron chi connectivity index (χ4n) is 2.52. The van der Waals surface area contributed by atoms with Crippen LogP contribution in [0.1, 0.15) is 24.9 Å². The highest BCUT2D eigenvalue weighted by Crippen LogP contribution is 2.31. The minimum absolute atomic E-state index is 0.185. The van der Waals surface area contributed by atoms with E-state index in [0.29, 0.717) is 12.3 Å². The summed E-state index contributed by atoms with van der Waals surface area (Å²) in [6, 6.07) is 6.41. The van der Waals surface area contributed by atoms with Crippen molar-refractivity contribution in [2.75, 3.05) is 20.3 Å². The fraction of sp³-hybridized carbons (Fsp3) is 0.467. The van der Waals surface area contributed by atoms with E-state index < -0.39 is 18.1 Å². The summed E-state index contributed by atoms with van der Waals surface area (Å²) >= 11 is 0. The van der Waals surface area contributed by atoms with Gasteiger partial charge in [0.05, 0.1) is 13.2 Å². The van der Waals surface area contributed by atoms with Gasteiger partial charge in [-0.15, -0.1) is 0 Å². The molecule has 1 aromatic carbocycles. The van der Waals surface area contributed by atoms with E-state index in [-0.39, 0.29) is 12.5 Å². The molecule has 1 fully saturated rings. The first-order chi connectivity index (χ1) is 10.1. The Morgan fingerprint density at radius 3 is 2.62 bits per heavy atom. The molecule has 1 aromatic rings. The van der Waals surface area contributed by atoms with E-state index in [1.54, 1.807) is 36.3 Å². The van der Waals surface area contributed by atoms with Crippen molar-refractivity contribution in [3.8, 4) is 5.75 Å². The van der Waals surface area contributed by atoms with Gasteiger partial charge in [0, 0.05) is 6.54 Å². The van der Waals surface area contributed by atoms with Crippen LogP contribution in [0.25, 0.3) is 0 Å². The molecule has 0 aromatic heterocycles. The number of benzene rings is 1. The van der Waals surface area contributed by atoms with Gasteiger partial charge in [-0.1, -0.05) is 19.1 Å². The van der Waals surface area contributed by atoms with Crippen LogP contribution in [-0.2, 0) is 14.3 Å². The van der Waals surface area contributed by atoms with Gasteiger partial charge in [0.2, 0.25) is 5.91 Å². The van der Waals surface area contributed by atoms with E-state index in [2.05, 4.69) is 0 Å². The Balaban J connectivity index is 2.37. The third-order valence-electron chi connectivity index (χ3n) is 3.49. The Hall–Kier alpha value is -2.08. The first-order valence-corrected chi connectivity index (χ1v) is 6.86. The van der Waals surface area contributed by atoms with Crippen LogP contribution in [0.3, 0.4) is 0 Å². The van der Waals surface area contributed by atoms with Crippen molar-refractivity contribution < 1.29 is 24.2 Å². The average Bonchev–Trinajstić information content (AvgIpc) is 2.49. The van der Waals surface area contributed by atoms with Crippen molar-refractivity contribution >= 4 is 11.9 Å². The van der Waals surface area contributed by atoms with Gasteiger partial charge in [-0.2, -0.15) is 0 Å². The molecule has 114 valence electrons. The van der Waals surface area contributed by atoms with E-state index >= 15 is 0 Å². The Morgan fingerprint density at radius 1 is 1.43 bits per heavy atom. The zero-order valence-corrected chi connectivity index (χ0v) is 12.1. The van der Waals surface area contributed by atoms with Crippen molar-refractivity contribution in [3.05, 3.63) is 29.8 Å². The minimum Gasteiger partial charge on any atom is -0.497 e. The van der Waals surface area contributed by atoms with Crippen molar-refractivity contribution in [1.82, 2.24) is 4.90 Å². The summed E-state index contributed by atoms with van der Waals surface area (Å²) in [7, 11) is 1.56. The number of morpholine rings is 1. The van der Waals surface area contributed by atoms with Gasteiger partial charge in [0.1, 0.15) is 12.4 Å². The first-order valence-electron chi connectivity index (χ1n) is 6.86. The monoisotopic (exact) mass is 293 g/mol. The van der Waals surface area contributed by atoms with Crippen LogP contribution in [0.5, 0.6) is 5.75 Å². The van der Waals surface area contributed by atoms with Crippen molar-refractivity contribution in [1.29, 1.82) is 0 Å². The lowest BCUT2D eigenvalue weighted by molar-refractivity contribution is -0.173. The number of hydrogen-bond donors (Lipinski definition) is 1. The first kappa shape index (κ1) is 15.3. The average molecular weight is 293 g/mol. The lowest BCUT2D eigenvalue weighted by atomic mass is 9.97. The molecule has 0 aliphatic carbocycles. The van der Waals surface area contributed by atoms with E-state index in [0.717, 1.165) is 12.0 Å². The lowest BCUT2D eigenvalue weighted by Crippen LogP contribution is -2.52. The highest BCUT2D eigenvalue weighted by Gasteiger charge is 2.41. The summed E-state index contributed by atoms with van der Waals surface area (Å²) in [5.41, 5.74) is 0.727. The molecule has 1 aliphatic heterocycles. The maximum absolute atomic E-state index is 12.0. The van der Waals surface area contributed by atoms with Crippen LogP contribution < -0.4 is 4.74 Å². The maximum atomic E-state index is 12.0. The molecule has 21 heavy (non-hydrogen) atoms. The molecule has 1 amide bonds. The van der Waals surface area contributed by atoms with Gasteiger partial charge < -0.3 is 19.5 Å². The SMILES string of the molecule is CCCN1C(=O)COC(C(=O)O)C1c1ccc(OC)cc1. The van der Waals surface area contributed by atoms with Crippen LogP contribution in [0.15, 0.2) is 24.3 Å². The quantitative estimate of drug-likeness (QED) is 0.889. The second kappa shape index (κ2) is 6.58. The summed E-state index contributed by atoms with van der Waals surface area (Å²) in [6.07, 6.45) is -0.298. The third kappa shape index (κ3) is 3.16. The Bertz CT molecular complexity index is 513. The number of carboxylic acid groups (broad SMARTS) is 1. The Labute approximate surface area is 123 Å². The molecule has 0 radical (unpaired) electrons. The highest BCUT2D eigenvalue weighted by atomic mass is 16.5. The summed E-state index contributed by atoms with van der Waals surface area (Å²) in [4.78, 5) is 25.1. The summed E-state index contributed by atoms with van der Waals surface area (Å²) in [5, 5.41) is 9.36. The smallest absolute Gasteiger partial charge is 0.335 e. The van der Waals surface area contributed by atoms with Gasteiger partial charge in [0.15, 0.2) is 6.10 Å². The molecule has 0 saturated carbocycles. The summed E-state index contributed by atoms with van der Waals surface area (Å²) < 4.78 is 10.3. The number of methoxy groups -OCH3 is 1. The van der Waals surface area contributed by atoms with E-state index in [1.165, 1.54) is 0 Å². The predicted molar refractivity (Wildman–Crippen MR) is 75.1 cm³/mol. The summed E-state index contributed by atoms with van der Waals surface area (Å²) in [5.74, 6) is -0.574. The maximum Gasteiger partial charge on any atom is 0.335 e. The predicted octanol–water partition coefficient (Wildman–Crippen LogP) is 1.46. The Morgan fingerprint density at radius 2 is 2.10 bits per heavy atom. The second-order valence-corrected chi connectivity index (χ2v) is 4.87. The minimum atomic E-state index is -1.07. The molecule has 1 heterocycles. The molecule has 2 rings (SSSR count). The topological polar surface area (TPSA) is 76.1 Å². The molecule has 0 spiro atoms. The number of carbonyl (C=O) groups excluding carboxylic acids is 1. The normalized spacial score (nSPS) is 22.2. The van der Waals surface area contributed by atoms with Gasteiger partial charge in [-0.25, -0.2) is 4.79 Å². The van der Waals surface area contributed by atoms with E-state index in [1.807, 2.05) is 6.92 Å².